The molecule has 0 unspecified atom stereocenters. The van der Waals surface area contributed by atoms with Crippen LogP contribution in [0, 0.1) is 0 Å². The van der Waals surface area contributed by atoms with E-state index in [0.717, 1.165) is 17.1 Å². The molecule has 1 amide bonds. The van der Waals surface area contributed by atoms with Gasteiger partial charge in [0, 0.05) is 31.4 Å². The standard InChI is InChI=1S/C16H23N5O2/c1-16(2,3)23-15(22)18-10-9-17-13-7-5-12(6-8-13)14-20-19-11-21(14)4/h5-8,11,17H,9-10H2,1-4H3,(H,18,22). The lowest BCUT2D eigenvalue weighted by molar-refractivity contribution is 0.0530. The monoisotopic (exact) mass is 317 g/mol. The fourth-order valence-corrected chi connectivity index (χ4v) is 1.97. The molecule has 0 atom stereocenters. The van der Waals surface area contributed by atoms with E-state index in [1.807, 2.05) is 56.7 Å². The highest BCUT2D eigenvalue weighted by Gasteiger charge is 2.15. The third kappa shape index (κ3) is 5.28. The van der Waals surface area contributed by atoms with Crippen LogP contribution < -0.4 is 10.6 Å². The minimum absolute atomic E-state index is 0.406. The maximum atomic E-state index is 11.5. The molecule has 0 aliphatic rings. The number of nitrogens with zero attached hydrogens (tertiary/aromatic N) is 3. The molecule has 1 aromatic carbocycles. The summed E-state index contributed by atoms with van der Waals surface area (Å²) in [5.74, 6) is 0.822. The zero-order valence-corrected chi connectivity index (χ0v) is 14.0. The van der Waals surface area contributed by atoms with Gasteiger partial charge in [0.05, 0.1) is 0 Å². The Labute approximate surface area is 136 Å². The summed E-state index contributed by atoms with van der Waals surface area (Å²) in [6.07, 6.45) is 1.26. The number of hydrogen-bond donors (Lipinski definition) is 2. The molecule has 124 valence electrons. The molecule has 2 rings (SSSR count). The Kier molecular flexibility index (Phi) is 5.20. The number of benzene rings is 1. The number of nitrogens with one attached hydrogen (secondary N) is 2. The molecule has 0 fully saturated rings. The Morgan fingerprint density at radius 1 is 1.22 bits per heavy atom. The summed E-state index contributed by atoms with van der Waals surface area (Å²) in [5.41, 5.74) is 1.50. The maximum Gasteiger partial charge on any atom is 0.407 e. The summed E-state index contributed by atoms with van der Waals surface area (Å²) in [6, 6.07) is 7.90. The lowest BCUT2D eigenvalue weighted by Gasteiger charge is -2.19. The molecule has 0 bridgehead atoms. The van der Waals surface area contributed by atoms with Crippen molar-refractivity contribution in [1.29, 1.82) is 0 Å². The molecule has 7 nitrogen and oxygen atoms in total. The van der Waals surface area contributed by atoms with E-state index in [4.69, 9.17) is 4.74 Å². The molecular weight excluding hydrogens is 294 g/mol. The second kappa shape index (κ2) is 7.13. The van der Waals surface area contributed by atoms with E-state index in [2.05, 4.69) is 20.8 Å². The van der Waals surface area contributed by atoms with E-state index in [1.165, 1.54) is 0 Å². The molecule has 7 heteroatoms. The number of carbonyl (C=O) groups excluding carboxylic acids is 1. The van der Waals surface area contributed by atoms with Gasteiger partial charge in [-0.15, -0.1) is 10.2 Å². The van der Waals surface area contributed by atoms with Crippen molar-refractivity contribution in [3.05, 3.63) is 30.6 Å². The lowest BCUT2D eigenvalue weighted by Crippen LogP contribution is -2.34. The molecule has 0 saturated heterocycles. The highest BCUT2D eigenvalue weighted by atomic mass is 16.6. The first kappa shape index (κ1) is 16.8. The minimum Gasteiger partial charge on any atom is -0.444 e. The van der Waals surface area contributed by atoms with Crippen LogP contribution in [0.2, 0.25) is 0 Å². The maximum absolute atomic E-state index is 11.5. The molecule has 2 N–H and O–H groups in total. The van der Waals surface area contributed by atoms with E-state index in [-0.39, 0.29) is 0 Å². The first-order valence-corrected chi connectivity index (χ1v) is 7.50. The van der Waals surface area contributed by atoms with Gasteiger partial charge in [-0.2, -0.15) is 0 Å². The lowest BCUT2D eigenvalue weighted by atomic mass is 10.2. The van der Waals surface area contributed by atoms with Crippen molar-refractivity contribution >= 4 is 11.8 Å². The van der Waals surface area contributed by atoms with Crippen LogP contribution in [0.25, 0.3) is 11.4 Å². The average molecular weight is 317 g/mol. The van der Waals surface area contributed by atoms with Crippen LogP contribution in [0.3, 0.4) is 0 Å². The number of anilines is 1. The minimum atomic E-state index is -0.479. The molecule has 0 spiro atoms. The largest absolute Gasteiger partial charge is 0.444 e. The van der Waals surface area contributed by atoms with Crippen molar-refractivity contribution in [2.45, 2.75) is 26.4 Å². The summed E-state index contributed by atoms with van der Waals surface area (Å²) in [6.45, 7) is 6.61. The average Bonchev–Trinajstić information content (AvgIpc) is 2.89. The van der Waals surface area contributed by atoms with E-state index in [1.54, 1.807) is 6.33 Å². The number of rotatable bonds is 5. The SMILES string of the molecule is Cn1cnnc1-c1ccc(NCCNC(=O)OC(C)(C)C)cc1. The van der Waals surface area contributed by atoms with E-state index in [0.29, 0.717) is 13.1 Å². The molecule has 23 heavy (non-hydrogen) atoms. The zero-order chi connectivity index (χ0) is 16.9. The van der Waals surface area contributed by atoms with Crippen molar-refractivity contribution in [2.24, 2.45) is 7.05 Å². The molecule has 1 aromatic heterocycles. The van der Waals surface area contributed by atoms with Gasteiger partial charge in [-0.3, -0.25) is 0 Å². The van der Waals surface area contributed by atoms with Crippen molar-refractivity contribution in [1.82, 2.24) is 20.1 Å². The Balaban J connectivity index is 1.77. The van der Waals surface area contributed by atoms with Crippen LogP contribution in [-0.2, 0) is 11.8 Å². The highest BCUT2D eigenvalue weighted by molar-refractivity contribution is 5.67. The molecule has 2 aromatic rings. The smallest absolute Gasteiger partial charge is 0.407 e. The Bertz CT molecular complexity index is 643. The normalized spacial score (nSPS) is 11.1. The molecule has 0 aliphatic carbocycles. The number of alkyl carbamates (subject to hydrolysis) is 1. The van der Waals surface area contributed by atoms with E-state index >= 15 is 0 Å². The van der Waals surface area contributed by atoms with E-state index in [9.17, 15) is 4.79 Å². The van der Waals surface area contributed by atoms with Crippen molar-refractivity contribution in [2.75, 3.05) is 18.4 Å². The number of aryl methyl sites for hydroxylation is 1. The third-order valence-corrected chi connectivity index (χ3v) is 2.98. The summed E-state index contributed by atoms with van der Waals surface area (Å²) >= 11 is 0. The van der Waals surface area contributed by atoms with Gasteiger partial charge < -0.3 is 19.9 Å². The fourth-order valence-electron chi connectivity index (χ4n) is 1.97. The highest BCUT2D eigenvalue weighted by Crippen LogP contribution is 2.18. The number of amides is 1. The Morgan fingerprint density at radius 3 is 2.48 bits per heavy atom. The first-order chi connectivity index (χ1) is 10.8. The van der Waals surface area contributed by atoms with Gasteiger partial charge >= 0.3 is 6.09 Å². The predicted octanol–water partition coefficient (Wildman–Crippen LogP) is 2.42. The first-order valence-electron chi connectivity index (χ1n) is 7.50. The van der Waals surface area contributed by atoms with Gasteiger partial charge in [0.25, 0.3) is 0 Å². The number of hydrogen-bond acceptors (Lipinski definition) is 5. The van der Waals surface area contributed by atoms with Gasteiger partial charge in [0.15, 0.2) is 5.82 Å². The van der Waals surface area contributed by atoms with Crippen LogP contribution in [0.5, 0.6) is 0 Å². The summed E-state index contributed by atoms with van der Waals surface area (Å²) in [5, 5.41) is 13.9. The predicted molar refractivity (Wildman–Crippen MR) is 89.2 cm³/mol. The molecule has 0 saturated carbocycles. The topological polar surface area (TPSA) is 81.1 Å². The fraction of sp³-hybridized carbons (Fsp3) is 0.438. The molecule has 0 aliphatic heterocycles. The summed E-state index contributed by atoms with van der Waals surface area (Å²) in [7, 11) is 1.91. The van der Waals surface area contributed by atoms with Crippen LogP contribution >= 0.6 is 0 Å². The van der Waals surface area contributed by atoms with Crippen LogP contribution in [0.4, 0.5) is 10.5 Å². The molecule has 1 heterocycles. The second-order valence-corrected chi connectivity index (χ2v) is 6.20. The van der Waals surface area contributed by atoms with Crippen LogP contribution in [-0.4, -0.2) is 39.5 Å². The summed E-state index contributed by atoms with van der Waals surface area (Å²) in [4.78, 5) is 11.5. The Morgan fingerprint density at radius 2 is 1.91 bits per heavy atom. The molecular formula is C16H23N5O2. The van der Waals surface area contributed by atoms with E-state index < -0.39 is 11.7 Å². The van der Waals surface area contributed by atoms with Crippen molar-refractivity contribution in [3.63, 3.8) is 0 Å². The van der Waals surface area contributed by atoms with Gasteiger partial charge in [-0.25, -0.2) is 4.79 Å². The van der Waals surface area contributed by atoms with Crippen molar-refractivity contribution in [3.8, 4) is 11.4 Å². The van der Waals surface area contributed by atoms with Gasteiger partial charge in [0.1, 0.15) is 11.9 Å². The van der Waals surface area contributed by atoms with Crippen LogP contribution in [0.15, 0.2) is 30.6 Å². The van der Waals surface area contributed by atoms with Crippen molar-refractivity contribution < 1.29 is 9.53 Å². The number of carbonyl (C=O) groups is 1. The third-order valence-electron chi connectivity index (χ3n) is 2.98. The summed E-state index contributed by atoms with van der Waals surface area (Å²) < 4.78 is 7.03. The Hall–Kier alpha value is -2.57. The number of ether oxygens (including phenoxy) is 1. The number of aromatic nitrogens is 3. The van der Waals surface area contributed by atoms with Gasteiger partial charge in [-0.05, 0) is 45.0 Å². The van der Waals surface area contributed by atoms with Gasteiger partial charge in [0.2, 0.25) is 0 Å². The zero-order valence-electron chi connectivity index (χ0n) is 14.0. The quantitative estimate of drug-likeness (QED) is 0.828. The van der Waals surface area contributed by atoms with Gasteiger partial charge in [-0.1, -0.05) is 0 Å². The molecule has 0 radical (unpaired) electrons. The van der Waals surface area contributed by atoms with Crippen LogP contribution in [0.1, 0.15) is 20.8 Å². The second-order valence-electron chi connectivity index (χ2n) is 6.20.